The summed E-state index contributed by atoms with van der Waals surface area (Å²) in [6.07, 6.45) is 2.32. The molecule has 8 atom stereocenters. The first-order chi connectivity index (χ1) is 14.6. The molecule has 1 spiro atoms. The van der Waals surface area contributed by atoms with Gasteiger partial charge < -0.3 is 25.4 Å². The number of nitrogens with one attached hydrogen (secondary N) is 2. The quantitative estimate of drug-likeness (QED) is 0.411. The van der Waals surface area contributed by atoms with Crippen molar-refractivity contribution in [2.45, 2.75) is 88.0 Å². The zero-order chi connectivity index (χ0) is 23.1. The van der Waals surface area contributed by atoms with Crippen LogP contribution in [-0.2, 0) is 19.1 Å². The number of nitrogens with zero attached hydrogens (tertiary/aromatic N) is 1. The molecule has 2 bridgehead atoms. The smallest absolute Gasteiger partial charge is 0.246 e. The molecule has 0 aromatic carbocycles. The van der Waals surface area contributed by atoms with Crippen LogP contribution in [0.1, 0.15) is 53.4 Å². The molecule has 0 radical (unpaired) electrons. The average Bonchev–Trinajstić information content (AvgIpc) is 3.29. The Balaban J connectivity index is 2.05. The van der Waals surface area contributed by atoms with E-state index in [1.807, 2.05) is 20.8 Å². The van der Waals surface area contributed by atoms with E-state index in [9.17, 15) is 19.5 Å². The van der Waals surface area contributed by atoms with Gasteiger partial charge in [-0.25, -0.2) is 0 Å². The number of hydrogen-bond donors (Lipinski definition) is 3. The van der Waals surface area contributed by atoms with Gasteiger partial charge in [-0.3, -0.25) is 14.4 Å². The van der Waals surface area contributed by atoms with Gasteiger partial charge in [-0.1, -0.05) is 43.1 Å². The molecule has 0 aromatic rings. The highest BCUT2D eigenvalue weighted by Crippen LogP contribution is 2.60. The van der Waals surface area contributed by atoms with E-state index in [1.54, 1.807) is 7.05 Å². The molecule has 3 aliphatic rings. The normalized spacial score (nSPS) is 35.9. The number of carbonyl (C=O) groups excluding carboxylic acids is 3. The number of hydrogen-bond acceptors (Lipinski definition) is 5. The summed E-state index contributed by atoms with van der Waals surface area (Å²) in [6, 6.07) is -1.43. The predicted octanol–water partition coefficient (Wildman–Crippen LogP) is 1.19. The van der Waals surface area contributed by atoms with Crippen molar-refractivity contribution in [2.24, 2.45) is 17.8 Å². The number of ether oxygens (including phenoxy) is 1. The van der Waals surface area contributed by atoms with Crippen molar-refractivity contribution < 1.29 is 24.2 Å². The highest BCUT2D eigenvalue weighted by atomic mass is 79.9. The molecular weight excluding hydrogens is 466 g/mol. The Labute approximate surface area is 193 Å². The molecular formula is C22H36BrN3O5. The van der Waals surface area contributed by atoms with Gasteiger partial charge in [-0.2, -0.15) is 0 Å². The van der Waals surface area contributed by atoms with Gasteiger partial charge in [0.25, 0.3) is 0 Å². The number of fused-ring (bicyclic) bond motifs is 1. The van der Waals surface area contributed by atoms with Crippen molar-refractivity contribution >= 4 is 33.7 Å². The zero-order valence-corrected chi connectivity index (χ0v) is 20.6. The Bertz CT molecular complexity index is 719. The molecule has 4 unspecified atom stereocenters. The second kappa shape index (κ2) is 9.35. The largest absolute Gasteiger partial charge is 0.394 e. The van der Waals surface area contributed by atoms with Crippen LogP contribution in [0.4, 0.5) is 0 Å². The number of halogens is 1. The molecule has 9 heteroatoms. The van der Waals surface area contributed by atoms with Crippen molar-refractivity contribution in [3.8, 4) is 0 Å². The Hall–Kier alpha value is -1.19. The number of likely N-dealkylation sites (tertiary alicyclic amines) is 1. The van der Waals surface area contributed by atoms with Crippen LogP contribution in [-0.4, -0.2) is 76.0 Å². The van der Waals surface area contributed by atoms with E-state index < -0.39 is 35.6 Å². The van der Waals surface area contributed by atoms with Gasteiger partial charge in [0.05, 0.1) is 30.6 Å². The Morgan fingerprint density at radius 2 is 2.00 bits per heavy atom. The molecule has 0 aliphatic carbocycles. The van der Waals surface area contributed by atoms with E-state index in [-0.39, 0.29) is 41.1 Å². The molecule has 3 fully saturated rings. The lowest BCUT2D eigenvalue weighted by atomic mass is 9.70. The minimum Gasteiger partial charge on any atom is -0.394 e. The topological polar surface area (TPSA) is 108 Å². The zero-order valence-electron chi connectivity index (χ0n) is 19.1. The summed E-state index contributed by atoms with van der Waals surface area (Å²) in [5.41, 5.74) is -1.08. The molecule has 176 valence electrons. The molecule has 3 rings (SSSR count). The summed E-state index contributed by atoms with van der Waals surface area (Å²) in [6.45, 7) is 7.79. The van der Waals surface area contributed by atoms with Crippen LogP contribution in [0.25, 0.3) is 0 Å². The maximum atomic E-state index is 13.8. The number of alkyl halides is 1. The second-order valence-corrected chi connectivity index (χ2v) is 10.9. The lowest BCUT2D eigenvalue weighted by Gasteiger charge is -2.38. The van der Waals surface area contributed by atoms with Crippen LogP contribution in [0.2, 0.25) is 0 Å². The summed E-state index contributed by atoms with van der Waals surface area (Å²) in [5.74, 6) is -1.96. The molecule has 3 heterocycles. The fourth-order valence-corrected chi connectivity index (χ4v) is 6.82. The third-order valence-corrected chi connectivity index (χ3v) is 7.83. The van der Waals surface area contributed by atoms with Gasteiger partial charge in [-0.15, -0.1) is 0 Å². The van der Waals surface area contributed by atoms with Gasteiger partial charge in [0, 0.05) is 17.9 Å². The molecule has 0 saturated carbocycles. The number of aliphatic hydroxyl groups excluding tert-OH is 1. The fourth-order valence-electron chi connectivity index (χ4n) is 5.87. The third-order valence-electron chi connectivity index (χ3n) is 6.98. The number of carbonyl (C=O) groups is 3. The maximum Gasteiger partial charge on any atom is 0.246 e. The van der Waals surface area contributed by atoms with Gasteiger partial charge in [-0.05, 0) is 32.1 Å². The highest BCUT2D eigenvalue weighted by Gasteiger charge is 2.76. The SMILES string of the molecule is CCCC(C)NC(=O)C1N([C@@H](CO)CC(C)C)C(=O)[C@@H]2[C@H](C(=O)NC)[C@H]3OC12CC3Br. The summed E-state index contributed by atoms with van der Waals surface area (Å²) >= 11 is 3.64. The summed E-state index contributed by atoms with van der Waals surface area (Å²) in [7, 11) is 1.55. The van der Waals surface area contributed by atoms with Crippen LogP contribution >= 0.6 is 15.9 Å². The number of amides is 3. The van der Waals surface area contributed by atoms with E-state index in [0.717, 1.165) is 12.8 Å². The van der Waals surface area contributed by atoms with E-state index in [1.165, 1.54) is 4.90 Å². The standard InChI is InChI=1S/C22H36BrN3O5/c1-6-7-12(4)25-20(29)18-22-9-14(23)17(31-22)15(19(28)24-5)16(22)21(30)26(18)13(10-27)8-11(2)3/h11-18,27H,6-10H2,1-5H3,(H,24,28)(H,25,29)/t12?,13-,14?,15+,16+,17+,18?,22?/m1/s1. The molecule has 3 amide bonds. The fraction of sp³-hybridized carbons (Fsp3) is 0.864. The summed E-state index contributed by atoms with van der Waals surface area (Å²) in [4.78, 5) is 41.5. The van der Waals surface area contributed by atoms with Crippen molar-refractivity contribution in [2.75, 3.05) is 13.7 Å². The molecule has 3 aliphatic heterocycles. The van der Waals surface area contributed by atoms with Crippen LogP contribution in [0.15, 0.2) is 0 Å². The van der Waals surface area contributed by atoms with E-state index >= 15 is 0 Å². The predicted molar refractivity (Wildman–Crippen MR) is 119 cm³/mol. The van der Waals surface area contributed by atoms with Crippen LogP contribution < -0.4 is 10.6 Å². The first-order valence-electron chi connectivity index (χ1n) is 11.4. The first kappa shape index (κ1) is 24.5. The minimum atomic E-state index is -1.08. The third kappa shape index (κ3) is 4.02. The van der Waals surface area contributed by atoms with Crippen molar-refractivity contribution in [1.82, 2.24) is 15.5 Å². The van der Waals surface area contributed by atoms with Crippen LogP contribution in [0.3, 0.4) is 0 Å². The lowest BCUT2D eigenvalue weighted by Crippen LogP contribution is -2.59. The van der Waals surface area contributed by atoms with Gasteiger partial charge >= 0.3 is 0 Å². The Kier molecular flexibility index (Phi) is 7.38. The molecule has 3 saturated heterocycles. The lowest BCUT2D eigenvalue weighted by molar-refractivity contribution is -0.146. The summed E-state index contributed by atoms with van der Waals surface area (Å²) in [5, 5.41) is 15.9. The molecule has 31 heavy (non-hydrogen) atoms. The summed E-state index contributed by atoms with van der Waals surface area (Å²) < 4.78 is 6.39. The van der Waals surface area contributed by atoms with E-state index in [2.05, 4.69) is 33.5 Å². The van der Waals surface area contributed by atoms with Crippen molar-refractivity contribution in [3.63, 3.8) is 0 Å². The average molecular weight is 502 g/mol. The Morgan fingerprint density at radius 3 is 2.55 bits per heavy atom. The minimum absolute atomic E-state index is 0.0457. The van der Waals surface area contributed by atoms with Crippen molar-refractivity contribution in [1.29, 1.82) is 0 Å². The molecule has 0 aromatic heterocycles. The van der Waals surface area contributed by atoms with E-state index in [4.69, 9.17) is 4.74 Å². The van der Waals surface area contributed by atoms with Crippen molar-refractivity contribution in [3.05, 3.63) is 0 Å². The molecule has 8 nitrogen and oxygen atoms in total. The van der Waals surface area contributed by atoms with Crippen LogP contribution in [0, 0.1) is 17.8 Å². The number of aliphatic hydroxyl groups is 1. The monoisotopic (exact) mass is 501 g/mol. The number of rotatable bonds is 9. The van der Waals surface area contributed by atoms with Gasteiger partial charge in [0.1, 0.15) is 11.6 Å². The first-order valence-corrected chi connectivity index (χ1v) is 12.3. The Morgan fingerprint density at radius 1 is 1.32 bits per heavy atom. The maximum absolute atomic E-state index is 13.8. The molecule has 3 N–H and O–H groups in total. The highest BCUT2D eigenvalue weighted by molar-refractivity contribution is 9.09. The second-order valence-electron chi connectivity index (χ2n) is 9.69. The van der Waals surface area contributed by atoms with Gasteiger partial charge in [0.2, 0.25) is 17.7 Å². The van der Waals surface area contributed by atoms with Crippen LogP contribution in [0.5, 0.6) is 0 Å². The van der Waals surface area contributed by atoms with E-state index in [0.29, 0.717) is 12.8 Å². The van der Waals surface area contributed by atoms with Gasteiger partial charge in [0.15, 0.2) is 0 Å².